The zero-order valence-corrected chi connectivity index (χ0v) is 25.7. The second-order valence-corrected chi connectivity index (χ2v) is 11.2. The molecule has 0 saturated carbocycles. The van der Waals surface area contributed by atoms with Crippen LogP contribution in [0.25, 0.3) is 11.1 Å². The first-order chi connectivity index (χ1) is 21.4. The summed E-state index contributed by atoms with van der Waals surface area (Å²) in [6.45, 7) is 1.69. The third-order valence-electron chi connectivity index (χ3n) is 7.05. The number of hydrogen-bond acceptors (Lipinski definition) is 5. The van der Waals surface area contributed by atoms with Gasteiger partial charge in [0.15, 0.2) is 5.78 Å². The van der Waals surface area contributed by atoms with E-state index in [9.17, 15) is 14.7 Å². The lowest BCUT2D eigenvalue weighted by atomic mass is 9.96. The van der Waals surface area contributed by atoms with E-state index in [1.54, 1.807) is 18.2 Å². The fraction of sp³-hybridized carbons (Fsp3) is 0.135. The molecule has 0 radical (unpaired) electrons. The van der Waals surface area contributed by atoms with Gasteiger partial charge in [-0.15, -0.1) is 0 Å². The van der Waals surface area contributed by atoms with Crippen LogP contribution in [0.3, 0.4) is 0 Å². The number of ether oxygens (including phenoxy) is 2. The Morgan fingerprint density at radius 3 is 2.14 bits per heavy atom. The van der Waals surface area contributed by atoms with Gasteiger partial charge in [-0.2, -0.15) is 0 Å². The molecule has 5 aromatic rings. The van der Waals surface area contributed by atoms with Crippen molar-refractivity contribution in [3.8, 4) is 28.4 Å². The van der Waals surface area contributed by atoms with E-state index in [-0.39, 0.29) is 18.6 Å². The molecule has 0 fully saturated rings. The van der Waals surface area contributed by atoms with Gasteiger partial charge in [0.05, 0.1) is 11.6 Å². The topological polar surface area (TPSA) is 84.9 Å². The first kappa shape index (κ1) is 30.7. The number of carbonyl (C=O) groups excluding carboxylic acids is 2. The number of Topliss-reactive ketones (excluding diaryl/α,β-unsaturated/α-hetero) is 1. The Kier molecular flexibility index (Phi) is 10.2. The summed E-state index contributed by atoms with van der Waals surface area (Å²) in [5.74, 6) is 0.896. The van der Waals surface area contributed by atoms with Gasteiger partial charge in [-0.3, -0.25) is 9.59 Å². The quantitative estimate of drug-likeness (QED) is 0.144. The maximum Gasteiger partial charge on any atom is 0.255 e. The van der Waals surface area contributed by atoms with Crippen LogP contribution in [0.2, 0.25) is 0 Å². The molecule has 222 valence electrons. The third kappa shape index (κ3) is 8.01. The minimum atomic E-state index is -1.25. The molecule has 0 aliphatic rings. The highest BCUT2D eigenvalue weighted by Crippen LogP contribution is 2.33. The van der Waals surface area contributed by atoms with Crippen molar-refractivity contribution < 1.29 is 24.2 Å². The SMILES string of the molecule is CC(O)C(=O)[C@H](Cc1ccc(-c2ccccc2Oc2ccccc2)cc1)NC(=O)c1cc(Br)ccc1OCc1ccccc1. The summed E-state index contributed by atoms with van der Waals surface area (Å²) in [5.41, 5.74) is 3.93. The molecule has 0 spiro atoms. The van der Waals surface area contributed by atoms with E-state index in [1.165, 1.54) is 6.92 Å². The lowest BCUT2D eigenvalue weighted by molar-refractivity contribution is -0.128. The van der Waals surface area contributed by atoms with Crippen LogP contribution in [0.5, 0.6) is 17.2 Å². The number of aliphatic hydroxyl groups excluding tert-OH is 1. The Hall–Kier alpha value is -4.72. The van der Waals surface area contributed by atoms with Gasteiger partial charge in [0.1, 0.15) is 30.0 Å². The number of benzene rings is 5. The fourth-order valence-electron chi connectivity index (χ4n) is 4.76. The van der Waals surface area contributed by atoms with E-state index in [4.69, 9.17) is 9.47 Å². The fourth-order valence-corrected chi connectivity index (χ4v) is 5.12. The first-order valence-corrected chi connectivity index (χ1v) is 15.1. The number of halogens is 1. The summed E-state index contributed by atoms with van der Waals surface area (Å²) in [6.07, 6.45) is -1.05. The van der Waals surface area contributed by atoms with Crippen molar-refractivity contribution in [1.29, 1.82) is 0 Å². The van der Waals surface area contributed by atoms with Crippen molar-refractivity contribution in [2.75, 3.05) is 0 Å². The van der Waals surface area contributed by atoms with Crippen LogP contribution in [-0.4, -0.2) is 28.9 Å². The minimum absolute atomic E-state index is 0.201. The number of carbonyl (C=O) groups is 2. The monoisotopic (exact) mass is 649 g/mol. The maximum atomic E-state index is 13.5. The number of nitrogens with one attached hydrogen (secondary N) is 1. The molecule has 0 aliphatic heterocycles. The van der Waals surface area contributed by atoms with Gasteiger partial charge < -0.3 is 19.9 Å². The molecule has 0 saturated heterocycles. The standard InChI is InChI=1S/C37H32BrNO5/c1-25(40)36(41)33(39-37(42)32-23-29(38)20-21-34(32)43-24-27-10-4-2-5-11-27)22-26-16-18-28(19-17-26)31-14-8-9-15-35(31)44-30-12-6-3-7-13-30/h2-21,23,25,33,40H,22,24H2,1H3,(H,39,42)/t25?,33-/m0/s1. The van der Waals surface area contributed by atoms with Crippen LogP contribution in [0.15, 0.2) is 132 Å². The predicted molar refractivity (Wildman–Crippen MR) is 175 cm³/mol. The third-order valence-corrected chi connectivity index (χ3v) is 7.54. The average Bonchev–Trinajstić information content (AvgIpc) is 3.05. The second-order valence-electron chi connectivity index (χ2n) is 10.3. The Bertz CT molecular complexity index is 1710. The van der Waals surface area contributed by atoms with Crippen molar-refractivity contribution in [1.82, 2.24) is 5.32 Å². The van der Waals surface area contributed by atoms with Crippen molar-refractivity contribution in [2.45, 2.75) is 32.1 Å². The van der Waals surface area contributed by atoms with Gasteiger partial charge in [-0.25, -0.2) is 0 Å². The smallest absolute Gasteiger partial charge is 0.255 e. The zero-order chi connectivity index (χ0) is 30.9. The van der Waals surface area contributed by atoms with Gasteiger partial charge in [-0.05, 0) is 66.4 Å². The predicted octanol–water partition coefficient (Wildman–Crippen LogP) is 7.78. The second kappa shape index (κ2) is 14.6. The normalized spacial score (nSPS) is 12.2. The van der Waals surface area contributed by atoms with Gasteiger partial charge >= 0.3 is 0 Å². The van der Waals surface area contributed by atoms with Crippen LogP contribution < -0.4 is 14.8 Å². The van der Waals surface area contributed by atoms with Crippen molar-refractivity contribution in [3.63, 3.8) is 0 Å². The number of amides is 1. The highest BCUT2D eigenvalue weighted by Gasteiger charge is 2.26. The minimum Gasteiger partial charge on any atom is -0.488 e. The van der Waals surface area contributed by atoms with Crippen LogP contribution in [0.4, 0.5) is 0 Å². The first-order valence-electron chi connectivity index (χ1n) is 14.3. The highest BCUT2D eigenvalue weighted by molar-refractivity contribution is 9.10. The Labute approximate surface area is 265 Å². The molecule has 0 aromatic heterocycles. The van der Waals surface area contributed by atoms with E-state index in [2.05, 4.69) is 21.2 Å². The Morgan fingerprint density at radius 1 is 0.773 bits per heavy atom. The Balaban J connectivity index is 1.33. The largest absolute Gasteiger partial charge is 0.488 e. The highest BCUT2D eigenvalue weighted by atomic mass is 79.9. The molecule has 6 nitrogen and oxygen atoms in total. The molecule has 0 bridgehead atoms. The molecule has 5 aromatic carbocycles. The average molecular weight is 651 g/mol. The molecule has 44 heavy (non-hydrogen) atoms. The van der Waals surface area contributed by atoms with Crippen LogP contribution in [0.1, 0.15) is 28.4 Å². The number of ketones is 1. The molecule has 0 heterocycles. The van der Waals surface area contributed by atoms with Gasteiger partial charge in [0.25, 0.3) is 5.91 Å². The van der Waals surface area contributed by atoms with E-state index in [0.717, 1.165) is 33.8 Å². The van der Waals surface area contributed by atoms with Crippen molar-refractivity contribution >= 4 is 27.6 Å². The molecule has 1 unspecified atom stereocenters. The number of aliphatic hydroxyl groups is 1. The summed E-state index contributed by atoms with van der Waals surface area (Å²) in [4.78, 5) is 26.6. The van der Waals surface area contributed by atoms with Gasteiger partial charge in [0, 0.05) is 10.0 Å². The molecule has 2 atom stereocenters. The van der Waals surface area contributed by atoms with Crippen molar-refractivity contribution in [2.24, 2.45) is 0 Å². The molecular weight excluding hydrogens is 618 g/mol. The molecule has 1 amide bonds. The number of para-hydroxylation sites is 2. The summed E-state index contributed by atoms with van der Waals surface area (Å²) in [7, 11) is 0. The Morgan fingerprint density at radius 2 is 1.43 bits per heavy atom. The summed E-state index contributed by atoms with van der Waals surface area (Å²) >= 11 is 3.43. The van der Waals surface area contributed by atoms with Crippen LogP contribution >= 0.6 is 15.9 Å². The van der Waals surface area contributed by atoms with Gasteiger partial charge in [-0.1, -0.05) is 107 Å². The number of rotatable bonds is 12. The molecule has 5 rings (SSSR count). The van der Waals surface area contributed by atoms with E-state index >= 15 is 0 Å². The van der Waals surface area contributed by atoms with Crippen LogP contribution in [-0.2, 0) is 17.8 Å². The zero-order valence-electron chi connectivity index (χ0n) is 24.2. The molecule has 0 aliphatic carbocycles. The lowest BCUT2D eigenvalue weighted by Gasteiger charge is -2.21. The van der Waals surface area contributed by atoms with Crippen molar-refractivity contribution in [3.05, 3.63) is 149 Å². The molecular formula is C37H32BrNO5. The van der Waals surface area contributed by atoms with E-state index in [1.807, 2.05) is 109 Å². The molecule has 7 heteroatoms. The number of hydrogen-bond donors (Lipinski definition) is 2. The van der Waals surface area contributed by atoms with Gasteiger partial charge in [0.2, 0.25) is 0 Å². The lowest BCUT2D eigenvalue weighted by Crippen LogP contribution is -2.46. The summed E-state index contributed by atoms with van der Waals surface area (Å²) < 4.78 is 12.8. The van der Waals surface area contributed by atoms with E-state index < -0.39 is 23.8 Å². The summed E-state index contributed by atoms with van der Waals surface area (Å²) in [6, 6.07) is 39.0. The maximum absolute atomic E-state index is 13.5. The van der Waals surface area contributed by atoms with E-state index in [0.29, 0.717) is 10.2 Å². The summed E-state index contributed by atoms with van der Waals surface area (Å²) in [5, 5.41) is 13.0. The molecule has 2 N–H and O–H groups in total. The van der Waals surface area contributed by atoms with Crippen LogP contribution in [0, 0.1) is 0 Å².